The lowest BCUT2D eigenvalue weighted by atomic mass is 10.1. The molecule has 106 valence electrons. The van der Waals surface area contributed by atoms with Crippen LogP contribution in [0, 0.1) is 6.92 Å². The predicted molar refractivity (Wildman–Crippen MR) is 80.0 cm³/mol. The van der Waals surface area contributed by atoms with Crippen LogP contribution in [0.3, 0.4) is 0 Å². The monoisotopic (exact) mass is 328 g/mol. The number of aryl methyl sites for hydroxylation is 1. The minimum atomic E-state index is -0.339. The lowest BCUT2D eigenvalue weighted by molar-refractivity contribution is 0.160. The Morgan fingerprint density at radius 2 is 2.16 bits per heavy atom. The predicted octanol–water partition coefficient (Wildman–Crippen LogP) is 2.72. The van der Waals surface area contributed by atoms with Gasteiger partial charge in [-0.2, -0.15) is 0 Å². The van der Waals surface area contributed by atoms with Gasteiger partial charge in [0.25, 0.3) is 0 Å². The molecule has 5 heteroatoms. The average molecular weight is 329 g/mol. The molecule has 4 nitrogen and oxygen atoms in total. The van der Waals surface area contributed by atoms with E-state index >= 15 is 0 Å². The summed E-state index contributed by atoms with van der Waals surface area (Å²) in [6.07, 6.45) is 0.955. The summed E-state index contributed by atoms with van der Waals surface area (Å²) in [5.41, 5.74) is 2.23. The first-order valence-corrected chi connectivity index (χ1v) is 7.27. The maximum absolute atomic E-state index is 11.6. The Balaban J connectivity index is 2.30. The smallest absolute Gasteiger partial charge is 0.315 e. The van der Waals surface area contributed by atoms with Crippen LogP contribution in [0.1, 0.15) is 30.9 Å². The second-order valence-corrected chi connectivity index (χ2v) is 5.45. The highest BCUT2D eigenvalue weighted by atomic mass is 79.9. The van der Waals surface area contributed by atoms with E-state index in [2.05, 4.69) is 26.6 Å². The molecule has 0 radical (unpaired) electrons. The first-order chi connectivity index (χ1) is 9.02. The quantitative estimate of drug-likeness (QED) is 0.751. The van der Waals surface area contributed by atoms with E-state index in [4.69, 9.17) is 0 Å². The van der Waals surface area contributed by atoms with Crippen LogP contribution in [0.15, 0.2) is 22.7 Å². The zero-order valence-electron chi connectivity index (χ0n) is 11.4. The third kappa shape index (κ3) is 6.07. The Morgan fingerprint density at radius 1 is 1.42 bits per heavy atom. The Kier molecular flexibility index (Phi) is 6.87. The van der Waals surface area contributed by atoms with E-state index in [1.807, 2.05) is 32.0 Å². The van der Waals surface area contributed by atoms with Crippen LogP contribution in [0.4, 0.5) is 4.79 Å². The zero-order valence-corrected chi connectivity index (χ0v) is 13.0. The van der Waals surface area contributed by atoms with Gasteiger partial charge < -0.3 is 15.7 Å². The van der Waals surface area contributed by atoms with E-state index in [9.17, 15) is 9.90 Å². The molecule has 0 fully saturated rings. The fraction of sp³-hybridized carbons (Fsp3) is 0.500. The van der Waals surface area contributed by atoms with Crippen LogP contribution in [-0.4, -0.2) is 23.8 Å². The van der Waals surface area contributed by atoms with Crippen molar-refractivity contribution < 1.29 is 9.90 Å². The van der Waals surface area contributed by atoms with Gasteiger partial charge in [0.2, 0.25) is 0 Å². The highest BCUT2D eigenvalue weighted by molar-refractivity contribution is 9.10. The topological polar surface area (TPSA) is 61.4 Å². The first-order valence-electron chi connectivity index (χ1n) is 6.47. The summed E-state index contributed by atoms with van der Waals surface area (Å²) in [7, 11) is 0. The molecule has 1 rings (SSSR count). The summed E-state index contributed by atoms with van der Waals surface area (Å²) in [5.74, 6) is 0. The Morgan fingerprint density at radius 3 is 2.79 bits per heavy atom. The van der Waals surface area contributed by atoms with Crippen molar-refractivity contribution in [3.63, 3.8) is 0 Å². The van der Waals surface area contributed by atoms with E-state index in [0.717, 1.165) is 15.6 Å². The number of amides is 2. The Bertz CT molecular complexity index is 424. The fourth-order valence-electron chi connectivity index (χ4n) is 1.65. The van der Waals surface area contributed by atoms with Crippen molar-refractivity contribution in [3.8, 4) is 0 Å². The zero-order chi connectivity index (χ0) is 14.3. The maximum atomic E-state index is 11.6. The molecule has 0 aliphatic rings. The standard InChI is InChI=1S/C14H21BrN2O2/c1-3-13(18)6-7-16-14(19)17-9-11-4-5-12(15)8-10(11)2/h4-5,8,13,18H,3,6-7,9H2,1-2H3,(H2,16,17,19). The van der Waals surface area contributed by atoms with Gasteiger partial charge in [-0.1, -0.05) is 28.9 Å². The molecular formula is C14H21BrN2O2. The van der Waals surface area contributed by atoms with E-state index in [1.165, 1.54) is 0 Å². The number of carbonyl (C=O) groups excluding carboxylic acids is 1. The largest absolute Gasteiger partial charge is 0.393 e. The normalized spacial score (nSPS) is 12.0. The number of benzene rings is 1. The molecule has 1 aromatic rings. The first kappa shape index (κ1) is 16.0. The number of aliphatic hydroxyl groups is 1. The van der Waals surface area contributed by atoms with Crippen molar-refractivity contribution in [2.45, 2.75) is 39.3 Å². The van der Waals surface area contributed by atoms with Crippen molar-refractivity contribution in [1.29, 1.82) is 0 Å². The van der Waals surface area contributed by atoms with Gasteiger partial charge in [0.05, 0.1) is 6.10 Å². The second kappa shape index (κ2) is 8.17. The van der Waals surface area contributed by atoms with Crippen LogP contribution in [-0.2, 0) is 6.54 Å². The van der Waals surface area contributed by atoms with Gasteiger partial charge in [-0.3, -0.25) is 0 Å². The van der Waals surface area contributed by atoms with Gasteiger partial charge in [-0.25, -0.2) is 4.79 Å². The lowest BCUT2D eigenvalue weighted by Gasteiger charge is -2.11. The molecule has 0 bridgehead atoms. The molecule has 0 aliphatic carbocycles. The summed E-state index contributed by atoms with van der Waals surface area (Å²) in [6, 6.07) is 5.76. The van der Waals surface area contributed by atoms with Gasteiger partial charge >= 0.3 is 6.03 Å². The Labute approximate surface area is 122 Å². The molecule has 0 saturated heterocycles. The summed E-state index contributed by atoms with van der Waals surface area (Å²) < 4.78 is 1.03. The molecule has 0 aliphatic heterocycles. The number of hydrogen-bond donors (Lipinski definition) is 3. The van der Waals surface area contributed by atoms with Crippen molar-refractivity contribution in [1.82, 2.24) is 10.6 Å². The summed E-state index contributed by atoms with van der Waals surface area (Å²) in [4.78, 5) is 11.6. The van der Waals surface area contributed by atoms with Crippen molar-refractivity contribution in [2.75, 3.05) is 6.54 Å². The molecule has 0 heterocycles. The maximum Gasteiger partial charge on any atom is 0.315 e. The molecule has 0 aromatic heterocycles. The average Bonchev–Trinajstić information content (AvgIpc) is 2.37. The number of aliphatic hydroxyl groups excluding tert-OH is 1. The van der Waals surface area contributed by atoms with Gasteiger partial charge in [0, 0.05) is 17.6 Å². The highest BCUT2D eigenvalue weighted by Crippen LogP contribution is 2.15. The molecule has 3 N–H and O–H groups in total. The fourth-order valence-corrected chi connectivity index (χ4v) is 2.13. The van der Waals surface area contributed by atoms with Crippen LogP contribution in [0.5, 0.6) is 0 Å². The lowest BCUT2D eigenvalue weighted by Crippen LogP contribution is -2.36. The van der Waals surface area contributed by atoms with Crippen LogP contribution >= 0.6 is 15.9 Å². The summed E-state index contributed by atoms with van der Waals surface area (Å²) in [5, 5.41) is 14.9. The van der Waals surface area contributed by atoms with Gasteiger partial charge in [0.1, 0.15) is 0 Å². The second-order valence-electron chi connectivity index (χ2n) is 4.53. The Hall–Kier alpha value is -1.07. The van der Waals surface area contributed by atoms with E-state index < -0.39 is 0 Å². The minimum absolute atomic E-state index is 0.203. The van der Waals surface area contributed by atoms with Gasteiger partial charge in [-0.15, -0.1) is 0 Å². The van der Waals surface area contributed by atoms with Gasteiger partial charge in [-0.05, 0) is 43.0 Å². The molecule has 19 heavy (non-hydrogen) atoms. The van der Waals surface area contributed by atoms with Crippen molar-refractivity contribution in [3.05, 3.63) is 33.8 Å². The van der Waals surface area contributed by atoms with Crippen LogP contribution in [0.25, 0.3) is 0 Å². The summed E-state index contributed by atoms with van der Waals surface area (Å²) in [6.45, 7) is 4.92. The van der Waals surface area contributed by atoms with Gasteiger partial charge in [0.15, 0.2) is 0 Å². The van der Waals surface area contributed by atoms with Crippen LogP contribution in [0.2, 0.25) is 0 Å². The third-order valence-electron chi connectivity index (χ3n) is 2.98. The van der Waals surface area contributed by atoms with Crippen molar-refractivity contribution in [2.24, 2.45) is 0 Å². The SMILES string of the molecule is CCC(O)CCNC(=O)NCc1ccc(Br)cc1C. The van der Waals surface area contributed by atoms with E-state index in [1.54, 1.807) is 0 Å². The number of nitrogens with one attached hydrogen (secondary N) is 2. The van der Waals surface area contributed by atoms with Crippen LogP contribution < -0.4 is 10.6 Å². The number of hydrogen-bond acceptors (Lipinski definition) is 2. The summed E-state index contributed by atoms with van der Waals surface area (Å²) >= 11 is 3.41. The molecule has 1 atom stereocenters. The number of urea groups is 1. The number of carbonyl (C=O) groups is 1. The third-order valence-corrected chi connectivity index (χ3v) is 3.47. The van der Waals surface area contributed by atoms with E-state index in [0.29, 0.717) is 25.9 Å². The van der Waals surface area contributed by atoms with E-state index in [-0.39, 0.29) is 12.1 Å². The molecule has 1 unspecified atom stereocenters. The number of rotatable bonds is 6. The molecular weight excluding hydrogens is 308 g/mol. The molecule has 0 saturated carbocycles. The minimum Gasteiger partial charge on any atom is -0.393 e. The molecule has 1 aromatic carbocycles. The molecule has 2 amide bonds. The molecule has 0 spiro atoms. The number of halogens is 1. The van der Waals surface area contributed by atoms with Crippen molar-refractivity contribution >= 4 is 22.0 Å². The highest BCUT2D eigenvalue weighted by Gasteiger charge is 2.04.